The van der Waals surface area contributed by atoms with Gasteiger partial charge in [-0.3, -0.25) is 4.79 Å². The lowest BCUT2D eigenvalue weighted by molar-refractivity contribution is -0.131. The van der Waals surface area contributed by atoms with Gasteiger partial charge in [-0.2, -0.15) is 0 Å². The van der Waals surface area contributed by atoms with Crippen LogP contribution in [0.2, 0.25) is 0 Å². The van der Waals surface area contributed by atoms with E-state index in [1.165, 1.54) is 12.5 Å². The minimum Gasteiger partial charge on any atom is -0.478 e. The van der Waals surface area contributed by atoms with E-state index < -0.39 is 11.9 Å². The van der Waals surface area contributed by atoms with E-state index in [1.54, 1.807) is 0 Å². The van der Waals surface area contributed by atoms with E-state index >= 15 is 0 Å². The average molecular weight is 182 g/mol. The van der Waals surface area contributed by atoms with Gasteiger partial charge < -0.3 is 14.9 Å². The molecule has 0 saturated carbocycles. The van der Waals surface area contributed by atoms with E-state index in [0.29, 0.717) is 5.69 Å². The van der Waals surface area contributed by atoms with Crippen LogP contribution in [0, 0.1) is 0 Å². The number of hydrogen-bond acceptors (Lipinski definition) is 4. The Morgan fingerprint density at radius 1 is 1.54 bits per heavy atom. The SMILES string of the molecule is O=C(O)C=CC(=O)Nc1cnoc1. The van der Waals surface area contributed by atoms with Crippen molar-refractivity contribution in [2.45, 2.75) is 0 Å². The molecule has 0 atom stereocenters. The molecule has 1 rings (SSSR count). The van der Waals surface area contributed by atoms with Gasteiger partial charge in [0.2, 0.25) is 5.91 Å². The molecule has 0 aliphatic heterocycles. The Hall–Kier alpha value is -2.11. The Bertz CT molecular complexity index is 328. The topological polar surface area (TPSA) is 92.4 Å². The standard InChI is InChI=1S/C7H6N2O4/c10-6(1-2-7(11)12)9-5-3-8-13-4-5/h1-4H,(H,9,10)(H,11,12). The van der Waals surface area contributed by atoms with Crippen LogP contribution in [0.1, 0.15) is 0 Å². The van der Waals surface area contributed by atoms with Crippen molar-refractivity contribution in [3.63, 3.8) is 0 Å². The molecular weight excluding hydrogens is 176 g/mol. The number of anilines is 1. The number of rotatable bonds is 3. The third-order valence-corrected chi connectivity index (χ3v) is 1.08. The summed E-state index contributed by atoms with van der Waals surface area (Å²) in [5.41, 5.74) is 0.375. The highest BCUT2D eigenvalue weighted by molar-refractivity contribution is 6.02. The van der Waals surface area contributed by atoms with Crippen molar-refractivity contribution < 1.29 is 19.2 Å². The van der Waals surface area contributed by atoms with Crippen LogP contribution < -0.4 is 5.32 Å². The lowest BCUT2D eigenvalue weighted by Crippen LogP contribution is -2.07. The van der Waals surface area contributed by atoms with Gasteiger partial charge >= 0.3 is 5.97 Å². The van der Waals surface area contributed by atoms with Gasteiger partial charge in [-0.05, 0) is 0 Å². The number of carbonyl (C=O) groups excluding carboxylic acids is 1. The number of carbonyl (C=O) groups is 2. The predicted octanol–water partition coefficient (Wildman–Crippen LogP) is 0.254. The third kappa shape index (κ3) is 3.19. The zero-order valence-electron chi connectivity index (χ0n) is 6.43. The third-order valence-electron chi connectivity index (χ3n) is 1.08. The molecule has 6 nitrogen and oxygen atoms in total. The normalized spacial score (nSPS) is 10.2. The lowest BCUT2D eigenvalue weighted by Gasteiger charge is -1.93. The minimum absolute atomic E-state index is 0.375. The molecular formula is C7H6N2O4. The molecule has 1 heterocycles. The molecule has 6 heteroatoms. The van der Waals surface area contributed by atoms with Crippen molar-refractivity contribution in [2.24, 2.45) is 0 Å². The fourth-order valence-corrected chi connectivity index (χ4v) is 0.597. The zero-order valence-corrected chi connectivity index (χ0v) is 6.43. The number of nitrogens with one attached hydrogen (secondary N) is 1. The smallest absolute Gasteiger partial charge is 0.328 e. The van der Waals surface area contributed by atoms with Crippen molar-refractivity contribution in [1.29, 1.82) is 0 Å². The van der Waals surface area contributed by atoms with Crippen LogP contribution in [-0.4, -0.2) is 22.1 Å². The number of aliphatic carboxylic acids is 1. The molecule has 0 aromatic carbocycles. The van der Waals surface area contributed by atoms with Crippen molar-refractivity contribution >= 4 is 17.6 Å². The number of amides is 1. The number of carboxylic acids is 1. The van der Waals surface area contributed by atoms with Gasteiger partial charge in [0.15, 0.2) is 0 Å². The number of aromatic nitrogens is 1. The van der Waals surface area contributed by atoms with Gasteiger partial charge in [-0.1, -0.05) is 5.16 Å². The summed E-state index contributed by atoms with van der Waals surface area (Å²) in [6, 6.07) is 0. The first-order valence-corrected chi connectivity index (χ1v) is 3.30. The molecule has 2 N–H and O–H groups in total. The summed E-state index contributed by atoms with van der Waals surface area (Å²) in [5.74, 6) is -1.73. The van der Waals surface area contributed by atoms with Gasteiger partial charge in [0.25, 0.3) is 0 Å². The van der Waals surface area contributed by atoms with Crippen molar-refractivity contribution in [2.75, 3.05) is 5.32 Å². The molecule has 0 bridgehead atoms. The van der Waals surface area contributed by atoms with Gasteiger partial charge in [0, 0.05) is 12.2 Å². The Morgan fingerprint density at radius 2 is 2.31 bits per heavy atom. The van der Waals surface area contributed by atoms with E-state index in [0.717, 1.165) is 12.2 Å². The van der Waals surface area contributed by atoms with Gasteiger partial charge in [0.05, 0.1) is 6.20 Å². The first-order chi connectivity index (χ1) is 6.18. The number of hydrogen-bond donors (Lipinski definition) is 2. The first-order valence-electron chi connectivity index (χ1n) is 3.30. The Balaban J connectivity index is 2.47. The van der Waals surface area contributed by atoms with E-state index in [1.807, 2.05) is 0 Å². The van der Waals surface area contributed by atoms with Crippen LogP contribution in [0.25, 0.3) is 0 Å². The number of nitrogens with zero attached hydrogens (tertiary/aromatic N) is 1. The predicted molar refractivity (Wildman–Crippen MR) is 41.9 cm³/mol. The van der Waals surface area contributed by atoms with Crippen LogP contribution in [0.3, 0.4) is 0 Å². The number of carboxylic acid groups (broad SMARTS) is 1. The Kier molecular flexibility index (Phi) is 2.80. The quantitative estimate of drug-likeness (QED) is 0.654. The fraction of sp³-hybridized carbons (Fsp3) is 0. The second-order valence-corrected chi connectivity index (χ2v) is 2.07. The fourth-order valence-electron chi connectivity index (χ4n) is 0.597. The summed E-state index contributed by atoms with van der Waals surface area (Å²) in [6.45, 7) is 0. The summed E-state index contributed by atoms with van der Waals surface area (Å²) in [5, 5.41) is 13.9. The summed E-state index contributed by atoms with van der Waals surface area (Å²) in [6.07, 6.45) is 4.16. The van der Waals surface area contributed by atoms with Crippen molar-refractivity contribution in [3.8, 4) is 0 Å². The maximum absolute atomic E-state index is 10.9. The highest BCUT2D eigenvalue weighted by atomic mass is 16.5. The molecule has 13 heavy (non-hydrogen) atoms. The monoisotopic (exact) mass is 182 g/mol. The summed E-state index contributed by atoms with van der Waals surface area (Å²) < 4.78 is 4.44. The van der Waals surface area contributed by atoms with Crippen molar-refractivity contribution in [3.05, 3.63) is 24.6 Å². The molecule has 0 fully saturated rings. The second kappa shape index (κ2) is 4.05. The molecule has 68 valence electrons. The van der Waals surface area contributed by atoms with Crippen LogP contribution in [-0.2, 0) is 9.59 Å². The van der Waals surface area contributed by atoms with Crippen LogP contribution in [0.5, 0.6) is 0 Å². The molecule has 1 amide bonds. The summed E-state index contributed by atoms with van der Waals surface area (Å²) in [4.78, 5) is 20.9. The maximum Gasteiger partial charge on any atom is 0.328 e. The lowest BCUT2D eigenvalue weighted by atomic mass is 10.4. The molecule has 0 radical (unpaired) electrons. The molecule has 1 aromatic heterocycles. The molecule has 0 aliphatic carbocycles. The minimum atomic E-state index is -1.18. The largest absolute Gasteiger partial charge is 0.478 e. The Morgan fingerprint density at radius 3 is 2.85 bits per heavy atom. The Labute approximate surface area is 72.8 Å². The van der Waals surface area contributed by atoms with E-state index in [2.05, 4.69) is 15.0 Å². The van der Waals surface area contributed by atoms with Gasteiger partial charge in [-0.25, -0.2) is 4.79 Å². The molecule has 0 saturated heterocycles. The summed E-state index contributed by atoms with van der Waals surface area (Å²) in [7, 11) is 0. The highest BCUT2D eigenvalue weighted by Gasteiger charge is 1.99. The second-order valence-electron chi connectivity index (χ2n) is 2.07. The van der Waals surface area contributed by atoms with E-state index in [9.17, 15) is 9.59 Å². The van der Waals surface area contributed by atoms with E-state index in [4.69, 9.17) is 5.11 Å². The van der Waals surface area contributed by atoms with E-state index in [-0.39, 0.29) is 0 Å². The van der Waals surface area contributed by atoms with Gasteiger partial charge in [-0.15, -0.1) is 0 Å². The first kappa shape index (κ1) is 8.98. The maximum atomic E-state index is 10.9. The van der Waals surface area contributed by atoms with Gasteiger partial charge in [0.1, 0.15) is 12.0 Å². The average Bonchev–Trinajstić information content (AvgIpc) is 2.53. The van der Waals surface area contributed by atoms with Crippen LogP contribution in [0.4, 0.5) is 5.69 Å². The van der Waals surface area contributed by atoms with Crippen molar-refractivity contribution in [1.82, 2.24) is 5.16 Å². The highest BCUT2D eigenvalue weighted by Crippen LogP contribution is 2.02. The van der Waals surface area contributed by atoms with Crippen LogP contribution >= 0.6 is 0 Å². The molecule has 0 spiro atoms. The molecule has 0 unspecified atom stereocenters. The molecule has 0 aliphatic rings. The van der Waals surface area contributed by atoms with Crippen LogP contribution in [0.15, 0.2) is 29.1 Å². The summed E-state index contributed by atoms with van der Waals surface area (Å²) >= 11 is 0. The zero-order chi connectivity index (χ0) is 9.68. The molecule has 1 aromatic rings.